The van der Waals surface area contributed by atoms with Gasteiger partial charge in [0.05, 0.1) is 0 Å². The summed E-state index contributed by atoms with van der Waals surface area (Å²) in [5, 5.41) is 9.10. The van der Waals surface area contributed by atoms with Gasteiger partial charge in [0.2, 0.25) is 0 Å². The van der Waals surface area contributed by atoms with Gasteiger partial charge in [0.15, 0.2) is 5.11 Å². The van der Waals surface area contributed by atoms with Crippen LogP contribution in [0.3, 0.4) is 0 Å². The van der Waals surface area contributed by atoms with Gasteiger partial charge in [0.1, 0.15) is 22.7 Å². The molecular weight excluding hydrogens is 392 g/mol. The van der Waals surface area contributed by atoms with Gasteiger partial charge in [-0.15, -0.1) is 0 Å². The number of thiocarbonyl (C=S) groups is 1. The molecule has 0 saturated heterocycles. The quantitative estimate of drug-likeness (QED) is 0.307. The third-order valence-electron chi connectivity index (χ3n) is 4.73. The zero-order chi connectivity index (χ0) is 20.3. The van der Waals surface area contributed by atoms with Crippen LogP contribution in [0.15, 0.2) is 101 Å². The van der Waals surface area contributed by atoms with E-state index in [4.69, 9.17) is 21.4 Å². The molecule has 0 spiro atoms. The number of rotatable bonds is 4. The van der Waals surface area contributed by atoms with E-state index in [0.29, 0.717) is 5.11 Å². The highest BCUT2D eigenvalue weighted by Gasteiger charge is 2.08. The second kappa shape index (κ2) is 7.89. The number of hydrogen-bond acceptors (Lipinski definition) is 3. The Balaban J connectivity index is 1.27. The van der Waals surface area contributed by atoms with Gasteiger partial charge >= 0.3 is 0 Å². The number of para-hydroxylation sites is 2. The van der Waals surface area contributed by atoms with Crippen LogP contribution >= 0.6 is 12.2 Å². The number of ether oxygens (including phenoxy) is 1. The smallest absolute Gasteiger partial charge is 0.175 e. The molecule has 0 aliphatic rings. The van der Waals surface area contributed by atoms with Crippen LogP contribution in [0.25, 0.3) is 21.9 Å². The number of hydrogen-bond donors (Lipinski definition) is 2. The topological polar surface area (TPSA) is 46.4 Å². The van der Waals surface area contributed by atoms with Crippen LogP contribution in [0.2, 0.25) is 0 Å². The first-order valence-electron chi connectivity index (χ1n) is 9.57. The van der Waals surface area contributed by atoms with E-state index in [0.717, 1.165) is 44.8 Å². The van der Waals surface area contributed by atoms with E-state index in [9.17, 15) is 0 Å². The molecule has 5 rings (SSSR count). The fourth-order valence-corrected chi connectivity index (χ4v) is 3.56. The van der Waals surface area contributed by atoms with E-state index in [1.54, 1.807) is 0 Å². The fraction of sp³-hybridized carbons (Fsp3) is 0. The Morgan fingerprint density at radius 1 is 0.633 bits per heavy atom. The summed E-state index contributed by atoms with van der Waals surface area (Å²) in [6.07, 6.45) is 0. The average molecular weight is 410 g/mol. The van der Waals surface area contributed by atoms with Crippen LogP contribution in [0.1, 0.15) is 0 Å². The second-order valence-corrected chi connectivity index (χ2v) is 7.24. The van der Waals surface area contributed by atoms with Crippen molar-refractivity contribution < 1.29 is 9.15 Å². The zero-order valence-corrected chi connectivity index (χ0v) is 16.8. The fourth-order valence-electron chi connectivity index (χ4n) is 3.33. The molecule has 4 nitrogen and oxygen atoms in total. The molecule has 5 heteroatoms. The van der Waals surface area contributed by atoms with Crippen molar-refractivity contribution in [1.82, 2.24) is 0 Å². The highest BCUT2D eigenvalue weighted by atomic mass is 32.1. The summed E-state index contributed by atoms with van der Waals surface area (Å²) >= 11 is 5.48. The summed E-state index contributed by atoms with van der Waals surface area (Å²) in [7, 11) is 0. The molecule has 1 heterocycles. The Labute approximate surface area is 179 Å². The molecule has 4 aromatic carbocycles. The van der Waals surface area contributed by atoms with E-state index in [1.807, 2.05) is 91.0 Å². The molecule has 146 valence electrons. The van der Waals surface area contributed by atoms with Gasteiger partial charge in [-0.1, -0.05) is 36.4 Å². The Hall–Kier alpha value is -3.83. The van der Waals surface area contributed by atoms with Gasteiger partial charge in [-0.25, -0.2) is 0 Å². The van der Waals surface area contributed by atoms with Crippen molar-refractivity contribution in [2.24, 2.45) is 0 Å². The lowest BCUT2D eigenvalue weighted by Crippen LogP contribution is -2.18. The number of nitrogens with one attached hydrogen (secondary N) is 2. The molecule has 0 unspecified atom stereocenters. The lowest BCUT2D eigenvalue weighted by atomic mass is 10.1. The van der Waals surface area contributed by atoms with Crippen molar-refractivity contribution in [2.45, 2.75) is 0 Å². The van der Waals surface area contributed by atoms with Crippen LogP contribution in [-0.2, 0) is 0 Å². The standard InChI is InChI=1S/C25H18N2O2S/c30-25(26-17-10-13-20(14-11-17)28-19-6-2-1-3-7-19)27-18-12-15-24-22(16-18)21-8-4-5-9-23(21)29-24/h1-16H,(H2,26,27,30). The molecule has 0 aliphatic carbocycles. The zero-order valence-electron chi connectivity index (χ0n) is 16.0. The maximum absolute atomic E-state index is 5.87. The van der Waals surface area contributed by atoms with Gasteiger partial charge in [-0.05, 0) is 72.9 Å². The summed E-state index contributed by atoms with van der Waals surface area (Å²) < 4.78 is 11.7. The van der Waals surface area contributed by atoms with Crippen LogP contribution < -0.4 is 15.4 Å². The molecular formula is C25H18N2O2S. The van der Waals surface area contributed by atoms with Gasteiger partial charge in [0, 0.05) is 22.1 Å². The third kappa shape index (κ3) is 3.83. The maximum Gasteiger partial charge on any atom is 0.175 e. The normalized spacial score (nSPS) is 10.8. The van der Waals surface area contributed by atoms with E-state index in [1.165, 1.54) is 0 Å². The van der Waals surface area contributed by atoms with Crippen molar-refractivity contribution >= 4 is 50.6 Å². The van der Waals surface area contributed by atoms with Crippen LogP contribution in [-0.4, -0.2) is 5.11 Å². The summed E-state index contributed by atoms with van der Waals surface area (Å²) in [4.78, 5) is 0. The predicted octanol–water partition coefficient (Wildman–Crippen LogP) is 7.19. The van der Waals surface area contributed by atoms with Crippen LogP contribution in [0.4, 0.5) is 11.4 Å². The van der Waals surface area contributed by atoms with Crippen LogP contribution in [0.5, 0.6) is 11.5 Å². The minimum absolute atomic E-state index is 0.513. The van der Waals surface area contributed by atoms with E-state index in [-0.39, 0.29) is 0 Å². The molecule has 0 fully saturated rings. The first kappa shape index (κ1) is 18.2. The molecule has 0 radical (unpaired) electrons. The number of fused-ring (bicyclic) bond motifs is 3. The minimum atomic E-state index is 0.513. The van der Waals surface area contributed by atoms with Crippen molar-refractivity contribution in [2.75, 3.05) is 10.6 Å². The number of benzene rings is 4. The Morgan fingerprint density at radius 3 is 2.10 bits per heavy atom. The predicted molar refractivity (Wildman–Crippen MR) is 127 cm³/mol. The van der Waals surface area contributed by atoms with Crippen molar-refractivity contribution in [3.05, 3.63) is 97.1 Å². The van der Waals surface area contributed by atoms with Crippen molar-refractivity contribution in [3.63, 3.8) is 0 Å². The third-order valence-corrected chi connectivity index (χ3v) is 4.93. The molecule has 5 aromatic rings. The lowest BCUT2D eigenvalue weighted by Gasteiger charge is -2.11. The highest BCUT2D eigenvalue weighted by molar-refractivity contribution is 7.80. The molecule has 1 aromatic heterocycles. The van der Waals surface area contributed by atoms with Gasteiger partial charge in [0.25, 0.3) is 0 Å². The monoisotopic (exact) mass is 410 g/mol. The Morgan fingerprint density at radius 2 is 1.27 bits per heavy atom. The van der Waals surface area contributed by atoms with Crippen molar-refractivity contribution in [1.29, 1.82) is 0 Å². The highest BCUT2D eigenvalue weighted by Crippen LogP contribution is 2.30. The molecule has 0 saturated carbocycles. The lowest BCUT2D eigenvalue weighted by molar-refractivity contribution is 0.483. The molecule has 30 heavy (non-hydrogen) atoms. The van der Waals surface area contributed by atoms with Gasteiger partial charge in [-0.3, -0.25) is 0 Å². The second-order valence-electron chi connectivity index (χ2n) is 6.83. The van der Waals surface area contributed by atoms with E-state index in [2.05, 4.69) is 16.7 Å². The van der Waals surface area contributed by atoms with E-state index >= 15 is 0 Å². The van der Waals surface area contributed by atoms with Gasteiger partial charge < -0.3 is 19.8 Å². The van der Waals surface area contributed by atoms with E-state index < -0.39 is 0 Å². The summed E-state index contributed by atoms with van der Waals surface area (Å²) in [6.45, 7) is 0. The average Bonchev–Trinajstić information content (AvgIpc) is 3.14. The summed E-state index contributed by atoms with van der Waals surface area (Å²) in [5.41, 5.74) is 3.51. The number of furan rings is 1. The first-order chi connectivity index (χ1) is 14.7. The molecule has 0 amide bonds. The Kier molecular flexibility index (Phi) is 4.79. The molecule has 0 bridgehead atoms. The maximum atomic E-state index is 5.87. The largest absolute Gasteiger partial charge is 0.457 e. The minimum Gasteiger partial charge on any atom is -0.457 e. The summed E-state index contributed by atoms with van der Waals surface area (Å²) in [6, 6.07) is 31.3. The number of anilines is 2. The molecule has 0 aliphatic heterocycles. The van der Waals surface area contributed by atoms with Gasteiger partial charge in [-0.2, -0.15) is 0 Å². The molecule has 0 atom stereocenters. The van der Waals surface area contributed by atoms with Crippen LogP contribution in [0, 0.1) is 0 Å². The molecule has 2 N–H and O–H groups in total. The SMILES string of the molecule is S=C(Nc1ccc(Oc2ccccc2)cc1)Nc1ccc2oc3ccccc3c2c1. The summed E-state index contributed by atoms with van der Waals surface area (Å²) in [5.74, 6) is 1.57. The Bertz CT molecular complexity index is 1330. The first-order valence-corrected chi connectivity index (χ1v) is 9.98. The van der Waals surface area contributed by atoms with Crippen molar-refractivity contribution in [3.8, 4) is 11.5 Å².